The fourth-order valence-electron chi connectivity index (χ4n) is 2.44. The Morgan fingerprint density at radius 1 is 0.926 bits per heavy atom. The molecule has 2 nitrogen and oxygen atoms in total. The molecule has 0 spiro atoms. The largest absolute Gasteiger partial charge is 0.497 e. The van der Waals surface area contributed by atoms with Gasteiger partial charge in [0.25, 0.3) is 0 Å². The van der Waals surface area contributed by atoms with E-state index in [0.717, 1.165) is 16.9 Å². The molecule has 0 aliphatic heterocycles. The van der Waals surface area contributed by atoms with E-state index in [1.807, 2.05) is 54.6 Å². The smallest absolute Gasteiger partial charge is 0.201 e. The van der Waals surface area contributed by atoms with Gasteiger partial charge in [0.1, 0.15) is 11.6 Å². The maximum atomic E-state index is 13.2. The van der Waals surface area contributed by atoms with Gasteiger partial charge < -0.3 is 4.74 Å². The number of ketones is 1. The second-order valence-electron chi connectivity index (χ2n) is 5.78. The van der Waals surface area contributed by atoms with Crippen molar-refractivity contribution in [2.45, 2.75) is 0 Å². The van der Waals surface area contributed by atoms with Crippen LogP contribution in [-0.2, 0) is 0 Å². The molecule has 0 saturated carbocycles. The molecular weight excluding hydrogens is 339 g/mol. The van der Waals surface area contributed by atoms with E-state index in [4.69, 9.17) is 4.74 Å². The monoisotopic (exact) mass is 356 g/mol. The molecule has 0 N–H and O–H groups in total. The van der Waals surface area contributed by atoms with Crippen LogP contribution in [0.15, 0.2) is 84.4 Å². The van der Waals surface area contributed by atoms with Crippen molar-refractivity contribution in [3.63, 3.8) is 0 Å². The Balaban J connectivity index is 1.99. The summed E-state index contributed by atoms with van der Waals surface area (Å²) in [5, 5.41) is 0. The molecule has 3 aromatic rings. The van der Waals surface area contributed by atoms with E-state index in [2.05, 4.69) is 11.8 Å². The predicted molar refractivity (Wildman–Crippen MR) is 105 cm³/mol. The van der Waals surface area contributed by atoms with Crippen molar-refractivity contribution < 1.29 is 13.9 Å². The average molecular weight is 356 g/mol. The van der Waals surface area contributed by atoms with Crippen LogP contribution >= 0.6 is 0 Å². The zero-order chi connectivity index (χ0) is 19.1. The summed E-state index contributed by atoms with van der Waals surface area (Å²) in [7, 11) is 1.60. The summed E-state index contributed by atoms with van der Waals surface area (Å²) < 4.78 is 18.3. The Bertz CT molecular complexity index is 1010. The molecule has 0 aliphatic carbocycles. The van der Waals surface area contributed by atoms with Crippen molar-refractivity contribution in [3.8, 4) is 17.6 Å². The van der Waals surface area contributed by atoms with E-state index in [1.165, 1.54) is 24.3 Å². The molecule has 3 aromatic carbocycles. The van der Waals surface area contributed by atoms with E-state index < -0.39 is 0 Å². The molecule has 0 aromatic heterocycles. The molecule has 3 rings (SSSR count). The summed E-state index contributed by atoms with van der Waals surface area (Å²) in [5.41, 5.74) is 2.35. The van der Waals surface area contributed by atoms with Gasteiger partial charge >= 0.3 is 0 Å². The summed E-state index contributed by atoms with van der Waals surface area (Å²) in [6.07, 6.45) is 1.72. The van der Waals surface area contributed by atoms with Crippen LogP contribution in [-0.4, -0.2) is 12.9 Å². The molecule has 0 bridgehead atoms. The number of allylic oxidation sites excluding steroid dienone is 1. The number of carbonyl (C=O) groups is 1. The zero-order valence-electron chi connectivity index (χ0n) is 14.8. The van der Waals surface area contributed by atoms with Gasteiger partial charge in [-0.25, -0.2) is 4.39 Å². The molecule has 0 fully saturated rings. The Hall–Kier alpha value is -3.64. The Morgan fingerprint density at radius 3 is 2.22 bits per heavy atom. The molecule has 3 heteroatoms. The lowest BCUT2D eigenvalue weighted by molar-refractivity contribution is 0.104. The molecule has 27 heavy (non-hydrogen) atoms. The number of carbonyl (C=O) groups excluding carboxylic acids is 1. The standard InChI is InChI=1S/C24H17FO2/c1-27-23-15-8-19(9-16-23)17-21(10-7-18-5-3-2-4-6-18)24(26)20-11-13-22(25)14-12-20/h2-6,8-9,11-17H,1H3/b21-17+. The number of benzene rings is 3. The maximum Gasteiger partial charge on any atom is 0.201 e. The summed E-state index contributed by atoms with van der Waals surface area (Å²) in [6.45, 7) is 0. The average Bonchev–Trinajstić information content (AvgIpc) is 2.72. The summed E-state index contributed by atoms with van der Waals surface area (Å²) in [5.74, 6) is 6.06. The van der Waals surface area contributed by atoms with Gasteiger partial charge in [-0.15, -0.1) is 0 Å². The molecule has 132 valence electrons. The third-order valence-electron chi connectivity index (χ3n) is 3.89. The number of halogens is 1. The number of hydrogen-bond donors (Lipinski definition) is 0. The van der Waals surface area contributed by atoms with E-state index in [-0.39, 0.29) is 11.6 Å². The van der Waals surface area contributed by atoms with E-state index in [9.17, 15) is 9.18 Å². The van der Waals surface area contributed by atoms with E-state index >= 15 is 0 Å². The predicted octanol–water partition coefficient (Wildman–Crippen LogP) is 5.15. The maximum absolute atomic E-state index is 13.2. The SMILES string of the molecule is COc1ccc(/C=C(\C#Cc2ccccc2)C(=O)c2ccc(F)cc2)cc1. The highest BCUT2D eigenvalue weighted by atomic mass is 19.1. The lowest BCUT2D eigenvalue weighted by Gasteiger charge is -2.03. The summed E-state index contributed by atoms with van der Waals surface area (Å²) >= 11 is 0. The fraction of sp³-hybridized carbons (Fsp3) is 0.0417. The van der Waals surface area contributed by atoms with Gasteiger partial charge in [0, 0.05) is 11.1 Å². The van der Waals surface area contributed by atoms with E-state index in [0.29, 0.717) is 11.1 Å². The van der Waals surface area contributed by atoms with Crippen molar-refractivity contribution in [2.24, 2.45) is 0 Å². The zero-order valence-corrected chi connectivity index (χ0v) is 14.8. The first-order valence-corrected chi connectivity index (χ1v) is 8.39. The minimum atomic E-state index is -0.386. The molecule has 0 heterocycles. The molecule has 0 amide bonds. The Kier molecular flexibility index (Phi) is 5.81. The summed E-state index contributed by atoms with van der Waals surface area (Å²) in [6, 6.07) is 22.2. The number of rotatable bonds is 4. The van der Waals surface area contributed by atoms with Gasteiger partial charge in [-0.05, 0) is 60.2 Å². The normalized spacial score (nSPS) is 10.7. The Morgan fingerprint density at radius 2 is 1.59 bits per heavy atom. The number of hydrogen-bond acceptors (Lipinski definition) is 2. The molecule has 0 saturated heterocycles. The minimum absolute atomic E-state index is 0.255. The topological polar surface area (TPSA) is 26.3 Å². The van der Waals surface area contributed by atoms with Crippen molar-refractivity contribution >= 4 is 11.9 Å². The third kappa shape index (κ3) is 4.93. The van der Waals surface area contributed by atoms with Crippen molar-refractivity contribution in [1.29, 1.82) is 0 Å². The highest BCUT2D eigenvalue weighted by Gasteiger charge is 2.11. The quantitative estimate of drug-likeness (QED) is 0.367. The van der Waals surface area contributed by atoms with Crippen LogP contribution in [0.3, 0.4) is 0 Å². The molecule has 0 unspecified atom stereocenters. The first-order chi connectivity index (χ1) is 13.2. The van der Waals surface area contributed by atoms with Crippen molar-refractivity contribution in [1.82, 2.24) is 0 Å². The van der Waals surface area contributed by atoms with Crippen LogP contribution in [0.25, 0.3) is 6.08 Å². The van der Waals surface area contributed by atoms with Gasteiger partial charge in [0.05, 0.1) is 12.7 Å². The van der Waals surface area contributed by atoms with Gasteiger partial charge in [0.2, 0.25) is 5.78 Å². The first-order valence-electron chi connectivity index (χ1n) is 8.39. The van der Waals surface area contributed by atoms with Crippen LogP contribution in [0.1, 0.15) is 21.5 Å². The lowest BCUT2D eigenvalue weighted by Crippen LogP contribution is -2.02. The number of methoxy groups -OCH3 is 1. The number of Topliss-reactive ketones (excluding diaryl/α,β-unsaturated/α-hetero) is 1. The molecular formula is C24H17FO2. The van der Waals surface area contributed by atoms with E-state index in [1.54, 1.807) is 13.2 Å². The first kappa shape index (κ1) is 18.2. The van der Waals surface area contributed by atoms with Gasteiger partial charge in [0.15, 0.2) is 0 Å². The van der Waals surface area contributed by atoms with Crippen LogP contribution < -0.4 is 4.74 Å². The lowest BCUT2D eigenvalue weighted by atomic mass is 10.0. The highest BCUT2D eigenvalue weighted by molar-refractivity contribution is 6.14. The number of ether oxygens (including phenoxy) is 1. The highest BCUT2D eigenvalue weighted by Crippen LogP contribution is 2.17. The van der Waals surface area contributed by atoms with Crippen LogP contribution in [0.2, 0.25) is 0 Å². The minimum Gasteiger partial charge on any atom is -0.497 e. The molecule has 0 atom stereocenters. The van der Waals surface area contributed by atoms with Crippen LogP contribution in [0.5, 0.6) is 5.75 Å². The third-order valence-corrected chi connectivity index (χ3v) is 3.89. The van der Waals surface area contributed by atoms with Crippen molar-refractivity contribution in [3.05, 3.63) is 107 Å². The second kappa shape index (κ2) is 8.64. The Labute approximate surface area is 157 Å². The van der Waals surface area contributed by atoms with Crippen LogP contribution in [0, 0.1) is 17.7 Å². The van der Waals surface area contributed by atoms with Crippen molar-refractivity contribution in [2.75, 3.05) is 7.11 Å². The molecule has 0 radical (unpaired) electrons. The fourth-order valence-corrected chi connectivity index (χ4v) is 2.44. The van der Waals surface area contributed by atoms with Gasteiger partial charge in [-0.1, -0.05) is 42.2 Å². The van der Waals surface area contributed by atoms with Gasteiger partial charge in [-0.3, -0.25) is 4.79 Å². The summed E-state index contributed by atoms with van der Waals surface area (Å²) in [4.78, 5) is 12.9. The molecule has 0 aliphatic rings. The van der Waals surface area contributed by atoms with Gasteiger partial charge in [-0.2, -0.15) is 0 Å². The van der Waals surface area contributed by atoms with Crippen LogP contribution in [0.4, 0.5) is 4.39 Å². The second-order valence-corrected chi connectivity index (χ2v) is 5.78.